The number of aliphatic hydroxyl groups excluding tert-OH is 5. The first-order valence-corrected chi connectivity index (χ1v) is 18.6. The first-order valence-electron chi connectivity index (χ1n) is 18.6. The van der Waals surface area contributed by atoms with Crippen molar-refractivity contribution in [3.8, 4) is 0 Å². The van der Waals surface area contributed by atoms with E-state index < -0.39 is 49.5 Å². The molecule has 1 amide bonds. The number of rotatable bonds is 29. The van der Waals surface area contributed by atoms with E-state index in [1.54, 1.807) is 6.08 Å². The molecule has 7 unspecified atom stereocenters. The molecule has 9 nitrogen and oxygen atoms in total. The molecule has 1 heterocycles. The van der Waals surface area contributed by atoms with Crippen molar-refractivity contribution < 1.29 is 39.8 Å². The lowest BCUT2D eigenvalue weighted by Gasteiger charge is -2.40. The van der Waals surface area contributed by atoms with Crippen LogP contribution in [0.4, 0.5) is 0 Å². The predicted octanol–water partition coefficient (Wildman–Crippen LogP) is 5.99. The number of nitrogens with one attached hydrogen (secondary N) is 1. The van der Waals surface area contributed by atoms with Gasteiger partial charge in [-0.25, -0.2) is 0 Å². The van der Waals surface area contributed by atoms with E-state index >= 15 is 0 Å². The molecule has 1 aliphatic heterocycles. The van der Waals surface area contributed by atoms with Crippen LogP contribution in [0.3, 0.4) is 0 Å². The molecule has 1 rings (SSSR count). The van der Waals surface area contributed by atoms with Gasteiger partial charge in [-0.1, -0.05) is 128 Å². The summed E-state index contributed by atoms with van der Waals surface area (Å²) in [5.74, 6) is -0.192. The molecule has 9 heteroatoms. The van der Waals surface area contributed by atoms with E-state index in [-0.39, 0.29) is 12.5 Å². The van der Waals surface area contributed by atoms with E-state index in [0.717, 1.165) is 64.2 Å². The van der Waals surface area contributed by atoms with Crippen LogP contribution in [0.2, 0.25) is 0 Å². The summed E-state index contributed by atoms with van der Waals surface area (Å²) >= 11 is 0. The Hall–Kier alpha value is -1.33. The summed E-state index contributed by atoms with van der Waals surface area (Å²) < 4.78 is 11.1. The van der Waals surface area contributed by atoms with Crippen LogP contribution in [-0.4, -0.2) is 87.5 Å². The predicted molar refractivity (Wildman–Crippen MR) is 184 cm³/mol. The Labute approximate surface area is 279 Å². The van der Waals surface area contributed by atoms with E-state index in [1.807, 2.05) is 6.08 Å². The molecule has 270 valence electrons. The molecule has 1 fully saturated rings. The second-order valence-electron chi connectivity index (χ2n) is 13.0. The fraction of sp³-hybridized carbons (Fsp3) is 0.865. The fourth-order valence-corrected chi connectivity index (χ4v) is 5.68. The van der Waals surface area contributed by atoms with Gasteiger partial charge in [0.2, 0.25) is 5.91 Å². The number of amides is 1. The van der Waals surface area contributed by atoms with Crippen molar-refractivity contribution in [2.75, 3.05) is 13.2 Å². The Kier molecular flexibility index (Phi) is 26.6. The molecule has 0 bridgehead atoms. The van der Waals surface area contributed by atoms with E-state index in [9.17, 15) is 30.3 Å². The Morgan fingerprint density at radius 3 is 1.85 bits per heavy atom. The zero-order valence-corrected chi connectivity index (χ0v) is 29.1. The minimum Gasteiger partial charge on any atom is -0.394 e. The minimum atomic E-state index is -1.56. The Morgan fingerprint density at radius 2 is 1.26 bits per heavy atom. The number of carbonyl (C=O) groups excluding carboxylic acids is 1. The Morgan fingerprint density at radius 1 is 0.717 bits per heavy atom. The van der Waals surface area contributed by atoms with Crippen LogP contribution in [0.25, 0.3) is 0 Å². The van der Waals surface area contributed by atoms with Gasteiger partial charge in [0.15, 0.2) is 6.29 Å². The van der Waals surface area contributed by atoms with Gasteiger partial charge in [-0.3, -0.25) is 4.79 Å². The summed E-state index contributed by atoms with van der Waals surface area (Å²) in [6, 6.07) is -0.802. The average Bonchev–Trinajstić information content (AvgIpc) is 3.05. The van der Waals surface area contributed by atoms with Crippen LogP contribution in [0.5, 0.6) is 0 Å². The van der Waals surface area contributed by atoms with Gasteiger partial charge in [0.25, 0.3) is 0 Å². The van der Waals surface area contributed by atoms with Gasteiger partial charge >= 0.3 is 0 Å². The normalized spacial score (nSPS) is 23.3. The van der Waals surface area contributed by atoms with Crippen LogP contribution in [0.15, 0.2) is 24.3 Å². The van der Waals surface area contributed by atoms with Gasteiger partial charge in [-0.15, -0.1) is 0 Å². The molecule has 0 spiro atoms. The van der Waals surface area contributed by atoms with Crippen molar-refractivity contribution in [1.82, 2.24) is 5.32 Å². The minimum absolute atomic E-state index is 0.191. The molecule has 0 aromatic heterocycles. The van der Waals surface area contributed by atoms with E-state index in [4.69, 9.17) is 9.47 Å². The van der Waals surface area contributed by atoms with Crippen LogP contribution in [0.1, 0.15) is 149 Å². The summed E-state index contributed by atoms with van der Waals surface area (Å²) in [6.07, 6.45) is 23.6. The summed E-state index contributed by atoms with van der Waals surface area (Å²) in [5.41, 5.74) is 0. The SMILES string of the molecule is CCC/C=C\CCCCCCCC(=O)NC(COC1OC(CO)C(O)C(O)C1O)C(O)/C=C/CCCCCCCCCCCCC. The Balaban J connectivity index is 2.49. The molecule has 1 aliphatic rings. The molecule has 6 N–H and O–H groups in total. The third kappa shape index (κ3) is 20.1. The maximum atomic E-state index is 12.8. The maximum Gasteiger partial charge on any atom is 0.220 e. The zero-order valence-electron chi connectivity index (χ0n) is 29.1. The molecule has 7 atom stereocenters. The van der Waals surface area contributed by atoms with Crippen LogP contribution in [0, 0.1) is 0 Å². The topological polar surface area (TPSA) is 149 Å². The summed E-state index contributed by atoms with van der Waals surface area (Å²) in [5, 5.41) is 53.8. The van der Waals surface area contributed by atoms with Gasteiger partial charge in [0.1, 0.15) is 24.4 Å². The number of unbranched alkanes of at least 4 members (excludes halogenated alkanes) is 17. The van der Waals surface area contributed by atoms with Crippen LogP contribution >= 0.6 is 0 Å². The second-order valence-corrected chi connectivity index (χ2v) is 13.0. The van der Waals surface area contributed by atoms with Gasteiger partial charge in [-0.05, 0) is 38.5 Å². The second kappa shape index (κ2) is 28.7. The third-order valence-electron chi connectivity index (χ3n) is 8.75. The summed E-state index contributed by atoms with van der Waals surface area (Å²) in [7, 11) is 0. The number of hydrogen-bond acceptors (Lipinski definition) is 8. The molecule has 0 radical (unpaired) electrons. The molecule has 0 saturated carbocycles. The maximum absolute atomic E-state index is 12.8. The Bertz CT molecular complexity index is 776. The number of ether oxygens (including phenoxy) is 2. The first-order chi connectivity index (χ1) is 22.3. The van der Waals surface area contributed by atoms with Crippen LogP contribution in [-0.2, 0) is 14.3 Å². The first kappa shape index (κ1) is 42.7. The highest BCUT2D eigenvalue weighted by Crippen LogP contribution is 2.22. The van der Waals surface area contributed by atoms with Crippen molar-refractivity contribution >= 4 is 5.91 Å². The lowest BCUT2D eigenvalue weighted by molar-refractivity contribution is -0.302. The van der Waals surface area contributed by atoms with E-state index in [0.29, 0.717) is 6.42 Å². The van der Waals surface area contributed by atoms with Crippen molar-refractivity contribution in [2.45, 2.75) is 192 Å². The van der Waals surface area contributed by atoms with Crippen molar-refractivity contribution in [3.05, 3.63) is 24.3 Å². The monoisotopic (exact) mass is 656 g/mol. The number of allylic oxidation sites excluding steroid dienone is 3. The number of aliphatic hydroxyl groups is 5. The summed E-state index contributed by atoms with van der Waals surface area (Å²) in [6.45, 7) is 3.66. The molecular weight excluding hydrogens is 586 g/mol. The van der Waals surface area contributed by atoms with Crippen LogP contribution < -0.4 is 5.32 Å². The molecule has 1 saturated heterocycles. The largest absolute Gasteiger partial charge is 0.394 e. The van der Waals surface area contributed by atoms with Crippen molar-refractivity contribution in [2.24, 2.45) is 0 Å². The molecule has 0 aliphatic carbocycles. The van der Waals surface area contributed by atoms with Gasteiger partial charge in [0.05, 0.1) is 25.4 Å². The zero-order chi connectivity index (χ0) is 33.8. The van der Waals surface area contributed by atoms with E-state index in [1.165, 1.54) is 64.2 Å². The molecule has 0 aromatic carbocycles. The quantitative estimate of drug-likeness (QED) is 0.0425. The third-order valence-corrected chi connectivity index (χ3v) is 8.75. The van der Waals surface area contributed by atoms with Gasteiger partial charge in [0, 0.05) is 6.42 Å². The van der Waals surface area contributed by atoms with Crippen molar-refractivity contribution in [3.63, 3.8) is 0 Å². The molecule has 0 aromatic rings. The van der Waals surface area contributed by atoms with E-state index in [2.05, 4.69) is 31.3 Å². The highest BCUT2D eigenvalue weighted by atomic mass is 16.7. The number of hydrogen-bond donors (Lipinski definition) is 6. The molecular formula is C37H69NO8. The van der Waals surface area contributed by atoms with Crippen molar-refractivity contribution in [1.29, 1.82) is 0 Å². The molecule has 46 heavy (non-hydrogen) atoms. The number of carbonyl (C=O) groups is 1. The smallest absolute Gasteiger partial charge is 0.220 e. The highest BCUT2D eigenvalue weighted by Gasteiger charge is 2.44. The van der Waals surface area contributed by atoms with Gasteiger partial charge in [-0.2, -0.15) is 0 Å². The lowest BCUT2D eigenvalue weighted by atomic mass is 9.99. The highest BCUT2D eigenvalue weighted by molar-refractivity contribution is 5.76. The fourth-order valence-electron chi connectivity index (χ4n) is 5.68. The summed E-state index contributed by atoms with van der Waals surface area (Å²) in [4.78, 5) is 12.8. The van der Waals surface area contributed by atoms with Gasteiger partial charge < -0.3 is 40.3 Å². The lowest BCUT2D eigenvalue weighted by Crippen LogP contribution is -2.60. The standard InChI is InChI=1S/C37H69NO8/c1-3-5-7-9-11-13-15-16-17-18-20-22-24-26-31(40)30(29-45-37-36(44)35(43)34(42)32(28-39)46-37)38-33(41)27-25-23-21-19-14-12-10-8-6-4-2/h8,10,24,26,30-32,34-37,39-40,42-44H,3-7,9,11-23,25,27-29H2,1-2H3,(H,38,41)/b10-8-,26-24+. The average molecular weight is 656 g/mol.